The highest BCUT2D eigenvalue weighted by molar-refractivity contribution is 4.77. The van der Waals surface area contributed by atoms with Gasteiger partial charge in [-0.2, -0.15) is 0 Å². The third-order valence-electron chi connectivity index (χ3n) is 0.572. The molecule has 0 heterocycles. The van der Waals surface area contributed by atoms with Gasteiger partial charge in [-0.05, 0) is 6.42 Å². The van der Waals surface area contributed by atoms with Crippen LogP contribution in [0.15, 0.2) is 5.83 Å². The van der Waals surface area contributed by atoms with E-state index in [1.807, 2.05) is 0 Å². The molecule has 0 atom stereocenters. The fraction of sp³-hybridized carbons (Fsp3) is 0.600. The molecule has 0 aliphatic carbocycles. The highest BCUT2D eigenvalue weighted by Gasteiger charge is 1.88. The monoisotopic (exact) mass is 105 g/mol. The van der Waals surface area contributed by atoms with E-state index in [0.29, 0.717) is 6.42 Å². The minimum atomic E-state index is -0.789. The standard InChI is InChI=1S/C5H7F2/c1-2-3-5(7)4-6/h2-3H2,1H3. The average molecular weight is 105 g/mol. The van der Waals surface area contributed by atoms with Crippen molar-refractivity contribution in [1.29, 1.82) is 0 Å². The first-order valence-corrected chi connectivity index (χ1v) is 2.19. The fourth-order valence-corrected chi connectivity index (χ4v) is 0.267. The molecule has 0 spiro atoms. The predicted octanol–water partition coefficient (Wildman–Crippen LogP) is 2.37. The van der Waals surface area contributed by atoms with Crippen LogP contribution in [0.5, 0.6) is 0 Å². The summed E-state index contributed by atoms with van der Waals surface area (Å²) in [6, 6.07) is 0. The van der Waals surface area contributed by atoms with Crippen LogP contribution in [-0.4, -0.2) is 0 Å². The van der Waals surface area contributed by atoms with Crippen molar-refractivity contribution in [2.24, 2.45) is 0 Å². The Morgan fingerprint density at radius 1 is 1.71 bits per heavy atom. The molecule has 41 valence electrons. The van der Waals surface area contributed by atoms with Crippen LogP contribution in [0.2, 0.25) is 0 Å². The zero-order valence-electron chi connectivity index (χ0n) is 4.17. The van der Waals surface area contributed by atoms with E-state index < -0.39 is 5.83 Å². The molecule has 0 aromatic heterocycles. The number of halogens is 2. The van der Waals surface area contributed by atoms with E-state index in [2.05, 4.69) is 0 Å². The second kappa shape index (κ2) is 3.78. The molecule has 0 saturated carbocycles. The second-order valence-electron chi connectivity index (χ2n) is 1.25. The van der Waals surface area contributed by atoms with Crippen molar-refractivity contribution in [1.82, 2.24) is 0 Å². The summed E-state index contributed by atoms with van der Waals surface area (Å²) in [6.45, 7) is 1.77. The molecule has 0 rings (SSSR count). The van der Waals surface area contributed by atoms with Crippen molar-refractivity contribution in [2.45, 2.75) is 19.8 Å². The van der Waals surface area contributed by atoms with Crippen LogP contribution in [0.3, 0.4) is 0 Å². The Kier molecular flexibility index (Phi) is 3.56. The molecule has 0 fully saturated rings. The first kappa shape index (κ1) is 6.60. The molecule has 0 aromatic carbocycles. The lowest BCUT2D eigenvalue weighted by Gasteiger charge is -1.83. The van der Waals surface area contributed by atoms with Gasteiger partial charge in [-0.25, -0.2) is 8.78 Å². The van der Waals surface area contributed by atoms with Gasteiger partial charge in [0.1, 0.15) is 5.83 Å². The van der Waals surface area contributed by atoms with E-state index in [4.69, 9.17) is 0 Å². The second-order valence-corrected chi connectivity index (χ2v) is 1.25. The highest BCUT2D eigenvalue weighted by atomic mass is 19.2. The molecule has 0 aromatic rings. The van der Waals surface area contributed by atoms with Gasteiger partial charge in [-0.1, -0.05) is 6.92 Å². The smallest absolute Gasteiger partial charge is 0.192 e. The van der Waals surface area contributed by atoms with Crippen LogP contribution in [0.4, 0.5) is 8.78 Å². The Labute approximate surface area is 41.8 Å². The van der Waals surface area contributed by atoms with Gasteiger partial charge in [0, 0.05) is 6.42 Å². The Bertz CT molecular complexity index is 66.5. The lowest BCUT2D eigenvalue weighted by molar-refractivity contribution is 0.526. The maximum atomic E-state index is 11.6. The molecule has 0 bridgehead atoms. The van der Waals surface area contributed by atoms with E-state index in [1.54, 1.807) is 6.92 Å². The predicted molar refractivity (Wildman–Crippen MR) is 23.9 cm³/mol. The molecule has 7 heavy (non-hydrogen) atoms. The average Bonchev–Trinajstić information content (AvgIpc) is 1.68. The van der Waals surface area contributed by atoms with Gasteiger partial charge in [-0.3, -0.25) is 0 Å². The van der Waals surface area contributed by atoms with Crippen molar-refractivity contribution in [2.75, 3.05) is 0 Å². The molecule has 2 heteroatoms. The minimum absolute atomic E-state index is 0.163. The minimum Gasteiger partial charge on any atom is -0.208 e. The van der Waals surface area contributed by atoms with Crippen molar-refractivity contribution >= 4 is 0 Å². The van der Waals surface area contributed by atoms with Crippen LogP contribution >= 0.6 is 0 Å². The lowest BCUT2D eigenvalue weighted by Crippen LogP contribution is -1.68. The molecule has 0 aliphatic rings. The maximum Gasteiger partial charge on any atom is 0.192 e. The summed E-state index contributed by atoms with van der Waals surface area (Å²) in [6.07, 6.45) is 1.71. The molecule has 0 aliphatic heterocycles. The Morgan fingerprint density at radius 3 is 2.43 bits per heavy atom. The van der Waals surface area contributed by atoms with Crippen molar-refractivity contribution in [3.05, 3.63) is 12.2 Å². The van der Waals surface area contributed by atoms with Crippen LogP contribution < -0.4 is 0 Å². The summed E-state index contributed by atoms with van der Waals surface area (Å²) in [7, 11) is 0. The van der Waals surface area contributed by atoms with Gasteiger partial charge in [0.2, 0.25) is 0 Å². The van der Waals surface area contributed by atoms with Gasteiger partial charge in [-0.15, -0.1) is 0 Å². The molecule has 0 unspecified atom stereocenters. The maximum absolute atomic E-state index is 11.6. The highest BCUT2D eigenvalue weighted by Crippen LogP contribution is 2.03. The summed E-state index contributed by atoms with van der Waals surface area (Å²) in [5.74, 6) is -0.789. The molecule has 0 nitrogen and oxygen atoms in total. The largest absolute Gasteiger partial charge is 0.208 e. The zero-order valence-corrected chi connectivity index (χ0v) is 4.17. The normalized spacial score (nSPS) is 12.1. The summed E-state index contributed by atoms with van der Waals surface area (Å²) in [4.78, 5) is 0. The van der Waals surface area contributed by atoms with Crippen molar-refractivity contribution < 1.29 is 8.78 Å². The molecule has 0 saturated heterocycles. The summed E-state index contributed by atoms with van der Waals surface area (Å²) < 4.78 is 22.5. The fourth-order valence-electron chi connectivity index (χ4n) is 0.267. The van der Waals surface area contributed by atoms with E-state index in [9.17, 15) is 8.78 Å². The summed E-state index contributed by atoms with van der Waals surface area (Å²) >= 11 is 0. The summed E-state index contributed by atoms with van der Waals surface area (Å²) in [5, 5.41) is 0. The number of rotatable bonds is 2. The molecule has 1 radical (unpaired) electrons. The first-order valence-electron chi connectivity index (χ1n) is 2.19. The van der Waals surface area contributed by atoms with Crippen LogP contribution in [-0.2, 0) is 0 Å². The molecule has 0 amide bonds. The van der Waals surface area contributed by atoms with Crippen molar-refractivity contribution in [3.8, 4) is 0 Å². The van der Waals surface area contributed by atoms with Gasteiger partial charge >= 0.3 is 0 Å². The van der Waals surface area contributed by atoms with E-state index in [-0.39, 0.29) is 6.42 Å². The van der Waals surface area contributed by atoms with Gasteiger partial charge in [0.05, 0.1) is 0 Å². The molecular weight excluding hydrogens is 98.1 g/mol. The zero-order chi connectivity index (χ0) is 5.70. The molecule has 0 N–H and O–H groups in total. The van der Waals surface area contributed by atoms with Crippen LogP contribution in [0.1, 0.15) is 19.8 Å². The first-order chi connectivity index (χ1) is 3.31. The Hall–Kier alpha value is -0.400. The van der Waals surface area contributed by atoms with E-state index in [0.717, 1.165) is 6.33 Å². The lowest BCUT2D eigenvalue weighted by atomic mass is 10.3. The third-order valence-corrected chi connectivity index (χ3v) is 0.572. The number of hydrogen-bond donors (Lipinski definition) is 0. The topological polar surface area (TPSA) is 0 Å². The van der Waals surface area contributed by atoms with Gasteiger partial charge < -0.3 is 0 Å². The van der Waals surface area contributed by atoms with Gasteiger partial charge in [0.15, 0.2) is 6.33 Å². The summed E-state index contributed by atoms with van der Waals surface area (Å²) in [5.41, 5.74) is 0. The Balaban J connectivity index is 3.17. The van der Waals surface area contributed by atoms with Crippen molar-refractivity contribution in [3.63, 3.8) is 0 Å². The number of allylic oxidation sites excluding steroid dienone is 1. The van der Waals surface area contributed by atoms with E-state index in [1.165, 1.54) is 0 Å². The molecular formula is C5H7F2. The van der Waals surface area contributed by atoms with Crippen LogP contribution in [0, 0.1) is 6.33 Å². The third kappa shape index (κ3) is 3.43. The Morgan fingerprint density at radius 2 is 2.29 bits per heavy atom. The van der Waals surface area contributed by atoms with E-state index >= 15 is 0 Å². The quantitative estimate of drug-likeness (QED) is 0.505. The number of hydrogen-bond acceptors (Lipinski definition) is 0. The van der Waals surface area contributed by atoms with Crippen LogP contribution in [0.25, 0.3) is 0 Å². The van der Waals surface area contributed by atoms with Gasteiger partial charge in [0.25, 0.3) is 0 Å². The SMILES string of the molecule is CCC/C(F)=[C]\F.